The number of hydrogen-bond acceptors (Lipinski definition) is 6. The van der Waals surface area contributed by atoms with Gasteiger partial charge in [-0.2, -0.15) is 0 Å². The molecule has 0 spiro atoms. The molecule has 0 radical (unpaired) electrons. The van der Waals surface area contributed by atoms with Gasteiger partial charge in [-0.05, 0) is 51.6 Å². The Morgan fingerprint density at radius 2 is 1.76 bits per heavy atom. The minimum Gasteiger partial charge on any atom is -0.463 e. The fourth-order valence-electron chi connectivity index (χ4n) is 5.02. The lowest BCUT2D eigenvalue weighted by atomic mass is 9.84. The van der Waals surface area contributed by atoms with Crippen LogP contribution in [0.15, 0.2) is 42.0 Å². The Balaban J connectivity index is 2.33. The molecular weight excluding hydrogens is 498 g/mol. The number of rotatable bonds is 9. The Morgan fingerprint density at radius 1 is 1.18 bits per heavy atom. The van der Waals surface area contributed by atoms with Gasteiger partial charge in [0.1, 0.15) is 12.1 Å². The van der Waals surface area contributed by atoms with Crippen molar-refractivity contribution in [3.8, 4) is 0 Å². The molecule has 2 amide bonds. The van der Waals surface area contributed by atoms with Crippen LogP contribution in [0.5, 0.6) is 0 Å². The summed E-state index contributed by atoms with van der Waals surface area (Å²) < 4.78 is 4.77. The normalized spacial score (nSPS) is 21.6. The van der Waals surface area contributed by atoms with E-state index in [9.17, 15) is 14.4 Å². The van der Waals surface area contributed by atoms with E-state index >= 15 is 0 Å². The van der Waals surface area contributed by atoms with Crippen LogP contribution in [0, 0.1) is 11.3 Å². The first-order valence-corrected chi connectivity index (χ1v) is 14.3. The number of carbonyl (C=O) groups is 3. The lowest BCUT2D eigenvalue weighted by molar-refractivity contribution is -0.141. The van der Waals surface area contributed by atoms with Crippen molar-refractivity contribution in [1.29, 1.82) is 0 Å². The van der Waals surface area contributed by atoms with E-state index in [0.29, 0.717) is 12.2 Å². The van der Waals surface area contributed by atoms with Crippen molar-refractivity contribution in [2.24, 2.45) is 11.3 Å². The monoisotopic (exact) mass is 545 g/mol. The van der Waals surface area contributed by atoms with Gasteiger partial charge in [0.05, 0.1) is 18.0 Å². The van der Waals surface area contributed by atoms with Crippen molar-refractivity contribution < 1.29 is 19.1 Å². The molecule has 1 aliphatic rings. The van der Waals surface area contributed by atoms with Gasteiger partial charge in [-0.3, -0.25) is 14.5 Å². The number of amides is 2. The Bertz CT molecular complexity index is 1020. The summed E-state index contributed by atoms with van der Waals surface area (Å²) in [5, 5.41) is 3.17. The summed E-state index contributed by atoms with van der Waals surface area (Å²) in [6, 6.07) is 8.67. The van der Waals surface area contributed by atoms with Gasteiger partial charge >= 0.3 is 5.97 Å². The number of thioether (sulfide) groups is 1. The van der Waals surface area contributed by atoms with E-state index in [4.69, 9.17) is 4.74 Å². The molecule has 1 N–H and O–H groups in total. The number of nitrogens with zero attached hydrogens (tertiary/aromatic N) is 2. The van der Waals surface area contributed by atoms with Gasteiger partial charge in [-0.25, -0.2) is 4.79 Å². The number of carbonyl (C=O) groups excluding carboxylic acids is 3. The summed E-state index contributed by atoms with van der Waals surface area (Å²) in [6.45, 7) is 17.8. The van der Waals surface area contributed by atoms with Gasteiger partial charge < -0.3 is 15.0 Å². The summed E-state index contributed by atoms with van der Waals surface area (Å²) in [4.78, 5) is 43.8. The molecule has 0 saturated carbocycles. The summed E-state index contributed by atoms with van der Waals surface area (Å²) in [7, 11) is 3.71. The standard InChI is InChI=1S/C30H47N3O4S/c1-12-37-28(36)20(4)18-22(19(2)3)32(10)26(35)23(29(5,6)7)31-25(34)24-30(8,9)38-27(33(24)11)21-16-14-13-15-17-21/h13-19,22-24,27H,12H2,1-11H3,(H,31,34)/b20-18+/t22-,23-,24?,27-/m1/s1. The van der Waals surface area contributed by atoms with Crippen molar-refractivity contribution in [2.75, 3.05) is 20.7 Å². The van der Waals surface area contributed by atoms with Crippen LogP contribution in [0.3, 0.4) is 0 Å². The molecule has 1 aromatic carbocycles. The predicted molar refractivity (Wildman–Crippen MR) is 156 cm³/mol. The first-order chi connectivity index (χ1) is 17.5. The van der Waals surface area contributed by atoms with Crippen LogP contribution < -0.4 is 5.32 Å². The molecule has 0 aromatic heterocycles. The van der Waals surface area contributed by atoms with Crippen molar-refractivity contribution in [3.05, 3.63) is 47.5 Å². The van der Waals surface area contributed by atoms with E-state index in [-0.39, 0.29) is 33.9 Å². The lowest BCUT2D eigenvalue weighted by Crippen LogP contribution is -2.60. The van der Waals surface area contributed by atoms with Gasteiger partial charge in [-0.1, -0.05) is 71.0 Å². The molecule has 1 heterocycles. The number of ether oxygens (including phenoxy) is 1. The van der Waals surface area contributed by atoms with Crippen LogP contribution in [0.25, 0.3) is 0 Å². The van der Waals surface area contributed by atoms with Crippen molar-refractivity contribution in [1.82, 2.24) is 15.1 Å². The number of benzene rings is 1. The number of nitrogens with one attached hydrogen (secondary N) is 1. The molecule has 1 aliphatic heterocycles. The molecule has 4 atom stereocenters. The fourth-order valence-corrected chi connectivity index (χ4v) is 6.58. The zero-order chi connectivity index (χ0) is 29.0. The van der Waals surface area contributed by atoms with E-state index in [1.54, 1.807) is 43.6 Å². The minimum absolute atomic E-state index is 0.0368. The van der Waals surface area contributed by atoms with Crippen LogP contribution in [0.4, 0.5) is 0 Å². The largest absolute Gasteiger partial charge is 0.463 e. The maximum absolute atomic E-state index is 13.9. The van der Waals surface area contributed by atoms with Crippen LogP contribution in [0.2, 0.25) is 0 Å². The summed E-state index contributed by atoms with van der Waals surface area (Å²) in [5.41, 5.74) is 1.07. The SMILES string of the molecule is CCOC(=O)/C(C)=C/[C@H](C(C)C)N(C)C(=O)[C@@H](NC(=O)C1N(C)[C@@H](c2ccccc2)SC1(C)C)C(C)(C)C. The molecule has 0 bridgehead atoms. The average molecular weight is 546 g/mol. The summed E-state index contributed by atoms with van der Waals surface area (Å²) in [6.07, 6.45) is 1.79. The smallest absolute Gasteiger partial charge is 0.333 e. The van der Waals surface area contributed by atoms with E-state index in [1.165, 1.54) is 0 Å². The molecule has 1 saturated heterocycles. The second-order valence-corrected chi connectivity index (χ2v) is 13.8. The van der Waals surface area contributed by atoms with E-state index < -0.39 is 23.5 Å². The minimum atomic E-state index is -0.748. The lowest BCUT2D eigenvalue weighted by Gasteiger charge is -2.39. The van der Waals surface area contributed by atoms with Gasteiger partial charge in [0.2, 0.25) is 11.8 Å². The fraction of sp³-hybridized carbons (Fsp3) is 0.633. The molecule has 212 valence electrons. The third-order valence-corrected chi connectivity index (χ3v) is 8.74. The first kappa shape index (κ1) is 31.9. The van der Waals surface area contributed by atoms with Crippen LogP contribution >= 0.6 is 11.8 Å². The van der Waals surface area contributed by atoms with Gasteiger partial charge in [-0.15, -0.1) is 11.8 Å². The van der Waals surface area contributed by atoms with Crippen LogP contribution in [-0.4, -0.2) is 71.2 Å². The summed E-state index contributed by atoms with van der Waals surface area (Å²) >= 11 is 1.76. The molecule has 1 fully saturated rings. The number of esters is 1. The molecule has 38 heavy (non-hydrogen) atoms. The molecule has 0 aliphatic carbocycles. The van der Waals surface area contributed by atoms with Crippen molar-refractivity contribution in [3.63, 3.8) is 0 Å². The van der Waals surface area contributed by atoms with Crippen LogP contribution in [0.1, 0.15) is 73.3 Å². The molecule has 2 rings (SSSR count). The average Bonchev–Trinajstić information content (AvgIpc) is 3.07. The molecular formula is C30H47N3O4S. The Labute approximate surface area is 233 Å². The van der Waals surface area contributed by atoms with Crippen molar-refractivity contribution in [2.45, 2.75) is 90.6 Å². The Kier molecular flexibility index (Phi) is 10.7. The highest BCUT2D eigenvalue weighted by Gasteiger charge is 2.51. The molecule has 8 heteroatoms. The van der Waals surface area contributed by atoms with Crippen molar-refractivity contribution >= 4 is 29.5 Å². The molecule has 7 nitrogen and oxygen atoms in total. The maximum atomic E-state index is 13.9. The predicted octanol–water partition coefficient (Wildman–Crippen LogP) is 5.03. The number of hydrogen-bond donors (Lipinski definition) is 1. The molecule has 1 aromatic rings. The van der Waals surface area contributed by atoms with Gasteiger partial charge in [0.25, 0.3) is 0 Å². The second-order valence-electron chi connectivity index (χ2n) is 12.1. The van der Waals surface area contributed by atoms with E-state index in [2.05, 4.69) is 36.2 Å². The van der Waals surface area contributed by atoms with Crippen LogP contribution in [-0.2, 0) is 19.1 Å². The topological polar surface area (TPSA) is 79.0 Å². The zero-order valence-corrected chi connectivity index (χ0v) is 25.8. The van der Waals surface area contributed by atoms with Gasteiger partial charge in [0.15, 0.2) is 0 Å². The third-order valence-electron chi connectivity index (χ3n) is 7.08. The second kappa shape index (κ2) is 12.7. The molecule has 1 unspecified atom stereocenters. The van der Waals surface area contributed by atoms with Gasteiger partial charge in [0, 0.05) is 17.4 Å². The Morgan fingerprint density at radius 3 is 2.26 bits per heavy atom. The third kappa shape index (κ3) is 7.41. The Hall–Kier alpha value is -2.32. The first-order valence-electron chi connectivity index (χ1n) is 13.4. The highest BCUT2D eigenvalue weighted by atomic mass is 32.2. The summed E-state index contributed by atoms with van der Waals surface area (Å²) in [5.74, 6) is -0.697. The number of likely N-dealkylation sites (N-methyl/N-ethyl adjacent to an activating group) is 2. The van der Waals surface area contributed by atoms with E-state index in [0.717, 1.165) is 5.56 Å². The quantitative estimate of drug-likeness (QED) is 0.346. The highest BCUT2D eigenvalue weighted by molar-refractivity contribution is 8.01. The highest BCUT2D eigenvalue weighted by Crippen LogP contribution is 2.51. The zero-order valence-electron chi connectivity index (χ0n) is 25.0. The maximum Gasteiger partial charge on any atom is 0.333 e. The van der Waals surface area contributed by atoms with E-state index in [1.807, 2.05) is 59.9 Å².